The van der Waals surface area contributed by atoms with E-state index in [2.05, 4.69) is 26.8 Å². The summed E-state index contributed by atoms with van der Waals surface area (Å²) in [7, 11) is 0. The van der Waals surface area contributed by atoms with Crippen molar-refractivity contribution in [3.05, 3.63) is 63.6 Å². The van der Waals surface area contributed by atoms with Gasteiger partial charge in [-0.1, -0.05) is 22.0 Å². The fraction of sp³-hybridized carbons (Fsp3) is 0.211. The van der Waals surface area contributed by atoms with Crippen molar-refractivity contribution in [2.24, 2.45) is 0 Å². The standard InChI is InChI=1S/C19H19BrN2O5/c1-3-26-19(25)13-6-8-15(9-7-13)27-11-17(23)21-22-18(24)14-5-4-12(2)16(20)10-14/h4-10H,3,11H2,1-2H3,(H,21,23)(H,22,24). The van der Waals surface area contributed by atoms with E-state index < -0.39 is 17.8 Å². The summed E-state index contributed by atoms with van der Waals surface area (Å²) in [4.78, 5) is 35.4. The number of nitrogens with one attached hydrogen (secondary N) is 2. The molecule has 2 aromatic carbocycles. The van der Waals surface area contributed by atoms with Gasteiger partial charge in [0.2, 0.25) is 0 Å². The van der Waals surface area contributed by atoms with Gasteiger partial charge in [0.05, 0.1) is 12.2 Å². The van der Waals surface area contributed by atoms with Gasteiger partial charge in [-0.15, -0.1) is 0 Å². The first-order valence-electron chi connectivity index (χ1n) is 8.16. The Hall–Kier alpha value is -2.87. The lowest BCUT2D eigenvalue weighted by molar-refractivity contribution is -0.123. The van der Waals surface area contributed by atoms with Crippen molar-refractivity contribution >= 4 is 33.7 Å². The van der Waals surface area contributed by atoms with Crippen LogP contribution in [0, 0.1) is 6.92 Å². The molecular weight excluding hydrogens is 416 g/mol. The topological polar surface area (TPSA) is 93.7 Å². The SMILES string of the molecule is CCOC(=O)c1ccc(OCC(=O)NNC(=O)c2ccc(C)c(Br)c2)cc1. The molecule has 2 aromatic rings. The van der Waals surface area contributed by atoms with Crippen molar-refractivity contribution in [3.63, 3.8) is 0 Å². The highest BCUT2D eigenvalue weighted by molar-refractivity contribution is 9.10. The summed E-state index contributed by atoms with van der Waals surface area (Å²) < 4.78 is 11.0. The van der Waals surface area contributed by atoms with Crippen LogP contribution in [0.2, 0.25) is 0 Å². The minimum Gasteiger partial charge on any atom is -0.484 e. The maximum Gasteiger partial charge on any atom is 0.338 e. The first kappa shape index (κ1) is 20.4. The summed E-state index contributed by atoms with van der Waals surface area (Å²) in [5, 5.41) is 0. The molecule has 0 unspecified atom stereocenters. The molecule has 2 rings (SSSR count). The van der Waals surface area contributed by atoms with Gasteiger partial charge < -0.3 is 9.47 Å². The lowest BCUT2D eigenvalue weighted by Gasteiger charge is -2.10. The monoisotopic (exact) mass is 434 g/mol. The molecule has 0 saturated carbocycles. The second-order valence-electron chi connectivity index (χ2n) is 5.50. The van der Waals surface area contributed by atoms with E-state index in [4.69, 9.17) is 9.47 Å². The first-order valence-corrected chi connectivity index (χ1v) is 8.95. The molecule has 2 N–H and O–H groups in total. The summed E-state index contributed by atoms with van der Waals surface area (Å²) in [5.41, 5.74) is 6.40. The number of amides is 2. The van der Waals surface area contributed by atoms with Crippen molar-refractivity contribution in [1.82, 2.24) is 10.9 Å². The Morgan fingerprint density at radius 3 is 2.30 bits per heavy atom. The number of rotatable bonds is 6. The van der Waals surface area contributed by atoms with Crippen LogP contribution in [-0.4, -0.2) is 31.0 Å². The number of halogens is 1. The summed E-state index contributed by atoms with van der Waals surface area (Å²) in [6.07, 6.45) is 0. The molecule has 0 saturated heterocycles. The molecule has 0 aromatic heterocycles. The van der Waals surface area contributed by atoms with Crippen molar-refractivity contribution in [2.45, 2.75) is 13.8 Å². The zero-order valence-electron chi connectivity index (χ0n) is 14.9. The number of hydrazine groups is 1. The third kappa shape index (κ3) is 6.10. The summed E-state index contributed by atoms with van der Waals surface area (Å²) in [5.74, 6) is -0.980. The van der Waals surface area contributed by atoms with Crippen LogP contribution in [0.1, 0.15) is 33.2 Å². The van der Waals surface area contributed by atoms with Gasteiger partial charge in [0.15, 0.2) is 6.61 Å². The number of esters is 1. The van der Waals surface area contributed by atoms with E-state index in [1.54, 1.807) is 49.4 Å². The van der Waals surface area contributed by atoms with E-state index in [1.165, 1.54) is 0 Å². The highest BCUT2D eigenvalue weighted by Crippen LogP contribution is 2.17. The second kappa shape index (κ2) is 9.72. The van der Waals surface area contributed by atoms with Crippen LogP contribution in [0.15, 0.2) is 46.9 Å². The molecule has 7 nitrogen and oxygen atoms in total. The maximum atomic E-state index is 12.0. The molecule has 0 heterocycles. The van der Waals surface area contributed by atoms with Crippen molar-refractivity contribution in [2.75, 3.05) is 13.2 Å². The minimum absolute atomic E-state index is 0.294. The lowest BCUT2D eigenvalue weighted by Crippen LogP contribution is -2.43. The molecule has 0 aliphatic carbocycles. The molecule has 2 amide bonds. The summed E-state index contributed by atoms with van der Waals surface area (Å²) in [6, 6.07) is 11.3. The third-order valence-corrected chi connectivity index (χ3v) is 4.34. The van der Waals surface area contributed by atoms with E-state index >= 15 is 0 Å². The van der Waals surface area contributed by atoms with Gasteiger partial charge in [0, 0.05) is 10.0 Å². The molecule has 27 heavy (non-hydrogen) atoms. The van der Waals surface area contributed by atoms with Gasteiger partial charge in [0.1, 0.15) is 5.75 Å². The molecular formula is C19H19BrN2O5. The Kier molecular flexibility index (Phi) is 7.36. The lowest BCUT2D eigenvalue weighted by atomic mass is 10.1. The van der Waals surface area contributed by atoms with Gasteiger partial charge in [0.25, 0.3) is 11.8 Å². The van der Waals surface area contributed by atoms with Gasteiger partial charge in [-0.25, -0.2) is 4.79 Å². The number of hydrogen-bond acceptors (Lipinski definition) is 5. The molecule has 142 valence electrons. The number of carbonyl (C=O) groups is 3. The Balaban J connectivity index is 1.79. The van der Waals surface area contributed by atoms with Gasteiger partial charge in [-0.3, -0.25) is 20.4 Å². The zero-order valence-corrected chi connectivity index (χ0v) is 16.5. The predicted molar refractivity (Wildman–Crippen MR) is 102 cm³/mol. The summed E-state index contributed by atoms with van der Waals surface area (Å²) >= 11 is 3.35. The average molecular weight is 435 g/mol. The fourth-order valence-corrected chi connectivity index (χ4v) is 2.40. The summed E-state index contributed by atoms with van der Waals surface area (Å²) in [6.45, 7) is 3.63. The molecule has 0 aliphatic heterocycles. The number of ether oxygens (including phenoxy) is 2. The average Bonchev–Trinajstić information content (AvgIpc) is 2.67. The van der Waals surface area contributed by atoms with Gasteiger partial charge in [-0.05, 0) is 55.8 Å². The molecule has 0 aliphatic rings. The maximum absolute atomic E-state index is 12.0. The molecule has 0 atom stereocenters. The quantitative estimate of drug-likeness (QED) is 0.538. The number of carbonyl (C=O) groups excluding carboxylic acids is 3. The van der Waals surface area contributed by atoms with Gasteiger partial charge >= 0.3 is 5.97 Å². The van der Waals surface area contributed by atoms with E-state index in [0.29, 0.717) is 23.5 Å². The van der Waals surface area contributed by atoms with Crippen LogP contribution in [0.25, 0.3) is 0 Å². The smallest absolute Gasteiger partial charge is 0.338 e. The van der Waals surface area contributed by atoms with Gasteiger partial charge in [-0.2, -0.15) is 0 Å². The van der Waals surface area contributed by atoms with Crippen molar-refractivity contribution in [3.8, 4) is 5.75 Å². The highest BCUT2D eigenvalue weighted by Gasteiger charge is 2.10. The Bertz CT molecular complexity index is 836. The molecule has 0 spiro atoms. The largest absolute Gasteiger partial charge is 0.484 e. The van der Waals surface area contributed by atoms with Crippen LogP contribution in [0.4, 0.5) is 0 Å². The van der Waals surface area contributed by atoms with Crippen LogP contribution < -0.4 is 15.6 Å². The predicted octanol–water partition coefficient (Wildman–Crippen LogP) is 2.77. The Labute approximate surface area is 165 Å². The molecule has 0 radical (unpaired) electrons. The first-order chi connectivity index (χ1) is 12.9. The van der Waals surface area contributed by atoms with E-state index in [9.17, 15) is 14.4 Å². The molecule has 0 fully saturated rings. The number of benzene rings is 2. The fourth-order valence-electron chi connectivity index (χ4n) is 2.02. The normalized spacial score (nSPS) is 10.0. The third-order valence-electron chi connectivity index (χ3n) is 3.48. The molecule has 8 heteroatoms. The van der Waals surface area contributed by atoms with E-state index in [1.807, 2.05) is 6.92 Å². The van der Waals surface area contributed by atoms with Crippen LogP contribution in [-0.2, 0) is 9.53 Å². The Morgan fingerprint density at radius 1 is 1.00 bits per heavy atom. The van der Waals surface area contributed by atoms with Crippen LogP contribution >= 0.6 is 15.9 Å². The van der Waals surface area contributed by atoms with Crippen molar-refractivity contribution in [1.29, 1.82) is 0 Å². The second-order valence-corrected chi connectivity index (χ2v) is 6.35. The van der Waals surface area contributed by atoms with Crippen LogP contribution in [0.5, 0.6) is 5.75 Å². The zero-order chi connectivity index (χ0) is 19.8. The highest BCUT2D eigenvalue weighted by atomic mass is 79.9. The Morgan fingerprint density at radius 2 is 1.67 bits per heavy atom. The van der Waals surface area contributed by atoms with E-state index in [0.717, 1.165) is 10.0 Å². The van der Waals surface area contributed by atoms with Crippen molar-refractivity contribution < 1.29 is 23.9 Å². The number of hydrogen-bond donors (Lipinski definition) is 2. The number of aryl methyl sites for hydroxylation is 1. The molecule has 0 bridgehead atoms. The van der Waals surface area contributed by atoms with E-state index in [-0.39, 0.29) is 6.61 Å². The van der Waals surface area contributed by atoms with Crippen LogP contribution in [0.3, 0.4) is 0 Å². The minimum atomic E-state index is -0.524.